The van der Waals surface area contributed by atoms with Crippen molar-refractivity contribution in [1.29, 1.82) is 0 Å². The molecule has 1 N–H and O–H groups in total. The van der Waals surface area contributed by atoms with E-state index in [1.54, 1.807) is 71.9 Å². The van der Waals surface area contributed by atoms with Crippen molar-refractivity contribution in [2.24, 2.45) is 11.3 Å². The SMILES string of the molecule is CC(C)(C)OC(=O)N[C@@H]1C[C@H]2CN(S(=O)(=O)N(Cc3ccccc3)C(=O)OC(C)(C)C)C[C@@]2(C(=O)N2CCc3ncc(C(F)(F)F)cc3C2)C1. The summed E-state index contributed by atoms with van der Waals surface area (Å²) >= 11 is 0. The van der Waals surface area contributed by atoms with Gasteiger partial charge in [-0.05, 0) is 77.5 Å². The second-order valence-corrected chi connectivity index (χ2v) is 17.1. The van der Waals surface area contributed by atoms with Gasteiger partial charge in [-0.3, -0.25) is 9.78 Å². The number of benzene rings is 1. The van der Waals surface area contributed by atoms with Crippen molar-refractivity contribution >= 4 is 28.3 Å². The molecular weight excluding hydrogens is 679 g/mol. The van der Waals surface area contributed by atoms with Crippen LogP contribution in [0.25, 0.3) is 0 Å². The Morgan fingerprint density at radius 1 is 1.04 bits per heavy atom. The lowest BCUT2D eigenvalue weighted by molar-refractivity contribution is -0.143. The number of pyridine rings is 1. The van der Waals surface area contributed by atoms with Crippen LogP contribution in [0.15, 0.2) is 42.6 Å². The fraction of sp³-hybridized carbons (Fsp3) is 0.588. The van der Waals surface area contributed by atoms with Crippen molar-refractivity contribution in [1.82, 2.24) is 23.8 Å². The van der Waals surface area contributed by atoms with E-state index in [-0.39, 0.29) is 57.5 Å². The van der Waals surface area contributed by atoms with Crippen molar-refractivity contribution in [2.45, 2.75) is 97.3 Å². The number of ether oxygens (including phenoxy) is 2. The predicted molar refractivity (Wildman–Crippen MR) is 175 cm³/mol. The molecule has 3 amide bonds. The fourth-order valence-corrected chi connectivity index (χ4v) is 8.51. The lowest BCUT2D eigenvalue weighted by atomic mass is 9.78. The molecular formula is C34H44F3N5O7S. The minimum Gasteiger partial charge on any atom is -0.444 e. The summed E-state index contributed by atoms with van der Waals surface area (Å²) in [6.07, 6.45) is -5.12. The quantitative estimate of drug-likeness (QED) is 0.426. The maximum atomic E-state index is 14.6. The van der Waals surface area contributed by atoms with E-state index in [1.165, 1.54) is 4.90 Å². The van der Waals surface area contributed by atoms with Gasteiger partial charge in [-0.1, -0.05) is 30.3 Å². The third-order valence-electron chi connectivity index (χ3n) is 9.02. The first-order valence-electron chi connectivity index (χ1n) is 16.5. The zero-order valence-electron chi connectivity index (χ0n) is 29.0. The minimum atomic E-state index is -4.62. The van der Waals surface area contributed by atoms with Gasteiger partial charge < -0.3 is 19.7 Å². The highest BCUT2D eigenvalue weighted by atomic mass is 32.2. The molecule has 1 aromatic carbocycles. The number of nitrogens with one attached hydrogen (secondary N) is 1. The Morgan fingerprint density at radius 3 is 2.32 bits per heavy atom. The number of hydrogen-bond acceptors (Lipinski definition) is 8. The van der Waals surface area contributed by atoms with Crippen LogP contribution in [-0.4, -0.2) is 81.9 Å². The summed E-state index contributed by atoms with van der Waals surface area (Å²) in [5, 5.41) is 2.82. The highest BCUT2D eigenvalue weighted by Gasteiger charge is 2.61. The molecule has 1 saturated carbocycles. The summed E-state index contributed by atoms with van der Waals surface area (Å²) in [6, 6.07) is 8.98. The summed E-state index contributed by atoms with van der Waals surface area (Å²) in [6.45, 7) is 9.23. The number of nitrogens with zero attached hydrogens (tertiary/aromatic N) is 4. The van der Waals surface area contributed by atoms with Gasteiger partial charge in [0.2, 0.25) is 5.91 Å². The molecule has 2 fully saturated rings. The molecule has 3 atom stereocenters. The second-order valence-electron chi connectivity index (χ2n) is 15.2. The molecule has 1 aliphatic carbocycles. The van der Waals surface area contributed by atoms with E-state index < -0.39 is 68.6 Å². The van der Waals surface area contributed by atoms with Crippen LogP contribution in [0, 0.1) is 11.3 Å². The first-order valence-corrected chi connectivity index (χ1v) is 17.9. The number of amides is 3. The van der Waals surface area contributed by atoms with Gasteiger partial charge in [-0.15, -0.1) is 0 Å². The molecule has 2 aliphatic heterocycles. The van der Waals surface area contributed by atoms with Gasteiger partial charge in [-0.2, -0.15) is 30.2 Å². The van der Waals surface area contributed by atoms with E-state index in [9.17, 15) is 36.0 Å². The van der Waals surface area contributed by atoms with Crippen molar-refractivity contribution < 1.29 is 45.4 Å². The first-order chi connectivity index (χ1) is 23.1. The smallest absolute Gasteiger partial charge is 0.425 e. The molecule has 3 heterocycles. The zero-order valence-corrected chi connectivity index (χ0v) is 29.9. The standard InChI is InChI=1S/C34H44F3N5O7S/c1-31(2,3)48-29(44)39-26-15-25-20-41(50(46,47)42(30(45)49-32(4,5)6)18-22-10-8-7-9-11-22)21-33(25,16-26)28(43)40-13-12-27-23(19-40)14-24(17-38-27)34(35,36)37/h7-11,14,17,25-26H,12-13,15-16,18-21H2,1-6H3,(H,39,44)/t25-,26+,33-/m0/s1. The average Bonchev–Trinajstić information content (AvgIpc) is 3.52. The Bertz CT molecular complexity index is 1730. The van der Waals surface area contributed by atoms with Gasteiger partial charge in [-0.25, -0.2) is 9.59 Å². The third kappa shape index (κ3) is 8.17. The van der Waals surface area contributed by atoms with E-state index >= 15 is 0 Å². The maximum absolute atomic E-state index is 14.6. The van der Waals surface area contributed by atoms with Gasteiger partial charge >= 0.3 is 28.6 Å². The summed E-state index contributed by atoms with van der Waals surface area (Å²) in [5.41, 5.74) is -2.83. The van der Waals surface area contributed by atoms with Crippen LogP contribution in [0.3, 0.4) is 0 Å². The lowest BCUT2D eigenvalue weighted by Gasteiger charge is -2.37. The number of halogens is 3. The van der Waals surface area contributed by atoms with Crippen molar-refractivity contribution in [2.75, 3.05) is 19.6 Å². The highest BCUT2D eigenvalue weighted by Crippen LogP contribution is 2.51. The number of hydrogen-bond donors (Lipinski definition) is 1. The van der Waals surface area contributed by atoms with Gasteiger partial charge in [0.1, 0.15) is 11.2 Å². The molecule has 274 valence electrons. The van der Waals surface area contributed by atoms with E-state index in [4.69, 9.17) is 9.47 Å². The first kappa shape index (κ1) is 37.3. The van der Waals surface area contributed by atoms with Crippen LogP contribution >= 0.6 is 0 Å². The molecule has 0 bridgehead atoms. The van der Waals surface area contributed by atoms with Gasteiger partial charge in [0.15, 0.2) is 0 Å². The maximum Gasteiger partial charge on any atom is 0.425 e. The van der Waals surface area contributed by atoms with Crippen LogP contribution in [0.4, 0.5) is 22.8 Å². The summed E-state index contributed by atoms with van der Waals surface area (Å²) in [4.78, 5) is 46.3. The van der Waals surface area contributed by atoms with Crippen molar-refractivity contribution in [3.05, 3.63) is 65.0 Å². The molecule has 0 unspecified atom stereocenters. The molecule has 0 spiro atoms. The minimum absolute atomic E-state index is 0.0527. The van der Waals surface area contributed by atoms with E-state index in [1.807, 2.05) is 0 Å². The molecule has 1 aromatic heterocycles. The predicted octanol–water partition coefficient (Wildman–Crippen LogP) is 5.27. The Labute approximate surface area is 290 Å². The van der Waals surface area contributed by atoms with E-state index in [0.29, 0.717) is 15.6 Å². The molecule has 5 rings (SSSR count). The molecule has 16 heteroatoms. The average molecular weight is 724 g/mol. The number of carbonyl (C=O) groups is 3. The molecule has 12 nitrogen and oxygen atoms in total. The molecule has 3 aliphatic rings. The summed E-state index contributed by atoms with van der Waals surface area (Å²) < 4.78 is 82.0. The van der Waals surface area contributed by atoms with Crippen LogP contribution in [0.2, 0.25) is 0 Å². The molecule has 1 saturated heterocycles. The molecule has 2 aromatic rings. The van der Waals surface area contributed by atoms with Crippen LogP contribution < -0.4 is 5.32 Å². The summed E-state index contributed by atoms with van der Waals surface area (Å²) in [5.74, 6) is -1.04. The van der Waals surface area contributed by atoms with Crippen LogP contribution in [-0.2, 0) is 50.2 Å². The van der Waals surface area contributed by atoms with Crippen LogP contribution in [0.1, 0.15) is 76.8 Å². The largest absolute Gasteiger partial charge is 0.444 e. The topological polar surface area (TPSA) is 138 Å². The van der Waals surface area contributed by atoms with Crippen LogP contribution in [0.5, 0.6) is 0 Å². The molecule has 50 heavy (non-hydrogen) atoms. The highest BCUT2D eigenvalue weighted by molar-refractivity contribution is 7.87. The number of alkyl carbamates (subject to hydrolysis) is 1. The number of fused-ring (bicyclic) bond motifs is 2. The monoisotopic (exact) mass is 723 g/mol. The Kier molecular flexibility index (Phi) is 9.95. The lowest BCUT2D eigenvalue weighted by Crippen LogP contribution is -2.51. The number of rotatable bonds is 6. The van der Waals surface area contributed by atoms with E-state index in [0.717, 1.165) is 16.6 Å². The fourth-order valence-electron chi connectivity index (χ4n) is 6.93. The Morgan fingerprint density at radius 2 is 1.70 bits per heavy atom. The van der Waals surface area contributed by atoms with E-state index in [2.05, 4.69) is 10.3 Å². The van der Waals surface area contributed by atoms with Gasteiger partial charge in [0, 0.05) is 50.5 Å². The normalized spacial score (nSPS) is 22.8. The van der Waals surface area contributed by atoms with Gasteiger partial charge in [0.25, 0.3) is 0 Å². The number of carbonyl (C=O) groups excluding carboxylic acids is 3. The number of aromatic nitrogens is 1. The third-order valence-corrected chi connectivity index (χ3v) is 10.8. The zero-order chi connectivity index (χ0) is 36.9. The van der Waals surface area contributed by atoms with Gasteiger partial charge in [0.05, 0.1) is 17.5 Å². The number of alkyl halides is 3. The second kappa shape index (κ2) is 13.3. The Hall–Kier alpha value is -3.92. The molecule has 0 radical (unpaired) electrons. The van der Waals surface area contributed by atoms with Crippen molar-refractivity contribution in [3.8, 4) is 0 Å². The summed E-state index contributed by atoms with van der Waals surface area (Å²) in [7, 11) is -4.58. The Balaban J connectivity index is 1.47. The van der Waals surface area contributed by atoms with Crippen molar-refractivity contribution in [3.63, 3.8) is 0 Å².